The first kappa shape index (κ1) is 27.1. The molecule has 0 bridgehead atoms. The molecular weight excluding hydrogens is 503 g/mol. The highest BCUT2D eigenvalue weighted by atomic mass is 19.4. The van der Waals surface area contributed by atoms with E-state index in [1.807, 2.05) is 19.1 Å². The Labute approximate surface area is 217 Å². The number of amides is 3. The van der Waals surface area contributed by atoms with E-state index < -0.39 is 29.8 Å². The Balaban J connectivity index is 1.41. The highest BCUT2D eigenvalue weighted by Gasteiger charge is 2.32. The number of aliphatic hydroxyl groups is 1. The number of alkyl halides is 3. The second kappa shape index (κ2) is 11.6. The minimum atomic E-state index is -4.70. The Bertz CT molecular complexity index is 1290. The van der Waals surface area contributed by atoms with Crippen LogP contribution in [0.4, 0.5) is 35.2 Å². The van der Waals surface area contributed by atoms with Crippen molar-refractivity contribution >= 4 is 29.2 Å². The molecule has 0 aliphatic heterocycles. The van der Waals surface area contributed by atoms with Crippen LogP contribution in [0.5, 0.6) is 0 Å². The molecule has 0 radical (unpaired) electrons. The molecule has 4 rings (SSSR count). The van der Waals surface area contributed by atoms with Crippen molar-refractivity contribution in [3.63, 3.8) is 0 Å². The molecule has 0 spiro atoms. The number of halogens is 3. The topological polar surface area (TPSA) is 120 Å². The summed E-state index contributed by atoms with van der Waals surface area (Å²) < 4.78 is 47.1. The third kappa shape index (κ3) is 7.31. The van der Waals surface area contributed by atoms with Gasteiger partial charge in [-0.05, 0) is 49.1 Å². The highest BCUT2D eigenvalue weighted by Crippen LogP contribution is 2.33. The van der Waals surface area contributed by atoms with Crippen molar-refractivity contribution in [1.29, 1.82) is 0 Å². The maximum Gasteiger partial charge on any atom is 0.416 e. The zero-order chi connectivity index (χ0) is 27.3. The lowest BCUT2D eigenvalue weighted by atomic mass is 9.86. The van der Waals surface area contributed by atoms with Gasteiger partial charge < -0.3 is 15.7 Å². The van der Waals surface area contributed by atoms with Crippen molar-refractivity contribution in [2.75, 3.05) is 16.0 Å². The zero-order valence-corrected chi connectivity index (χ0v) is 20.7. The van der Waals surface area contributed by atoms with Crippen molar-refractivity contribution in [3.05, 3.63) is 65.4 Å². The van der Waals surface area contributed by atoms with Crippen molar-refractivity contribution in [1.82, 2.24) is 5.27 Å². The normalized spacial score (nSPS) is 17.6. The van der Waals surface area contributed by atoms with E-state index in [1.165, 1.54) is 16.9 Å². The molecule has 1 aromatic heterocycles. The van der Waals surface area contributed by atoms with Gasteiger partial charge in [0.2, 0.25) is 11.2 Å². The first-order chi connectivity index (χ1) is 18.1. The average Bonchev–Trinajstić information content (AvgIpc) is 3.27. The molecule has 0 unspecified atom stereocenters. The molecule has 9 nitrogen and oxygen atoms in total. The molecule has 38 heavy (non-hydrogen) atoms. The molecule has 2 aromatic carbocycles. The second-order valence-corrected chi connectivity index (χ2v) is 9.43. The lowest BCUT2D eigenvalue weighted by molar-refractivity contribution is -0.768. The molecule has 1 aliphatic carbocycles. The maximum absolute atomic E-state index is 13.5. The van der Waals surface area contributed by atoms with E-state index in [1.54, 1.807) is 12.1 Å². The lowest BCUT2D eigenvalue weighted by Crippen LogP contribution is -2.43. The van der Waals surface area contributed by atoms with Gasteiger partial charge in [0.1, 0.15) is 0 Å². The number of urea groups is 1. The van der Waals surface area contributed by atoms with E-state index in [2.05, 4.69) is 21.2 Å². The monoisotopic (exact) mass is 532 g/mol. The predicted octanol–water partition coefficient (Wildman–Crippen LogP) is 4.67. The molecule has 1 fully saturated rings. The number of anilines is 3. The maximum atomic E-state index is 13.5. The number of hydrogen-bond donors (Lipinski definition) is 4. The number of aryl methyl sites for hydroxylation is 1. The Kier molecular flexibility index (Phi) is 8.30. The third-order valence-electron chi connectivity index (χ3n) is 6.45. The summed E-state index contributed by atoms with van der Waals surface area (Å²) in [6.45, 7) is 2.25. The summed E-state index contributed by atoms with van der Waals surface area (Å²) in [6, 6.07) is 9.14. The van der Waals surface area contributed by atoms with Crippen molar-refractivity contribution in [2.45, 2.75) is 57.9 Å². The SMILES string of the molecule is Cc1ccccc1CC(=O)Nc1cc(NC(=O)Nc2c[n+](C[C@@H]3CCCC[C@H]3O)no2)cc(C(F)(F)F)c1. The minimum Gasteiger partial charge on any atom is -0.393 e. The van der Waals surface area contributed by atoms with E-state index in [0.29, 0.717) is 6.54 Å². The highest BCUT2D eigenvalue weighted by molar-refractivity contribution is 6.00. The first-order valence-electron chi connectivity index (χ1n) is 12.3. The van der Waals surface area contributed by atoms with Gasteiger partial charge >= 0.3 is 18.1 Å². The third-order valence-corrected chi connectivity index (χ3v) is 6.45. The molecule has 1 aliphatic rings. The fourth-order valence-electron chi connectivity index (χ4n) is 4.46. The summed E-state index contributed by atoms with van der Waals surface area (Å²) in [7, 11) is 0. The van der Waals surface area contributed by atoms with E-state index in [-0.39, 0.29) is 29.6 Å². The Morgan fingerprint density at radius 3 is 2.50 bits per heavy atom. The van der Waals surface area contributed by atoms with Crippen LogP contribution in [0.1, 0.15) is 42.4 Å². The summed E-state index contributed by atoms with van der Waals surface area (Å²) in [5, 5.41) is 21.2. The zero-order valence-electron chi connectivity index (χ0n) is 20.7. The Hall–Kier alpha value is -3.93. The molecule has 202 valence electrons. The Morgan fingerprint density at radius 1 is 1.08 bits per heavy atom. The molecule has 12 heteroatoms. The first-order valence-corrected chi connectivity index (χ1v) is 12.3. The number of hydrogen-bond acceptors (Lipinski definition) is 5. The van der Waals surface area contributed by atoms with Crippen LogP contribution in [0.15, 0.2) is 53.2 Å². The van der Waals surface area contributed by atoms with Crippen LogP contribution in [-0.2, 0) is 23.9 Å². The van der Waals surface area contributed by atoms with E-state index in [4.69, 9.17) is 4.52 Å². The van der Waals surface area contributed by atoms with Crippen LogP contribution in [-0.4, -0.2) is 28.4 Å². The number of benzene rings is 2. The number of rotatable bonds is 7. The second-order valence-electron chi connectivity index (χ2n) is 9.43. The van der Waals surface area contributed by atoms with Crippen molar-refractivity contribution in [3.8, 4) is 0 Å². The van der Waals surface area contributed by atoms with Gasteiger partial charge in [-0.15, -0.1) is 0 Å². The van der Waals surface area contributed by atoms with Crippen molar-refractivity contribution in [2.24, 2.45) is 5.92 Å². The van der Waals surface area contributed by atoms with Gasteiger partial charge in [-0.3, -0.25) is 14.6 Å². The summed E-state index contributed by atoms with van der Waals surface area (Å²) in [6.07, 6.45) is -0.157. The van der Waals surface area contributed by atoms with Gasteiger partial charge in [-0.2, -0.15) is 13.2 Å². The molecule has 1 saturated carbocycles. The van der Waals surface area contributed by atoms with E-state index in [0.717, 1.165) is 48.9 Å². The molecule has 2 atom stereocenters. The van der Waals surface area contributed by atoms with Gasteiger partial charge in [0.05, 0.1) is 18.1 Å². The smallest absolute Gasteiger partial charge is 0.393 e. The van der Waals surface area contributed by atoms with Crippen LogP contribution < -0.4 is 20.6 Å². The predicted molar refractivity (Wildman–Crippen MR) is 132 cm³/mol. The molecule has 3 amide bonds. The number of carbonyl (C=O) groups excluding carboxylic acids is 2. The fraction of sp³-hybridized carbons (Fsp3) is 0.385. The van der Waals surface area contributed by atoms with Crippen LogP contribution in [0.2, 0.25) is 0 Å². The van der Waals surface area contributed by atoms with Gasteiger partial charge in [0, 0.05) is 17.3 Å². The lowest BCUT2D eigenvalue weighted by Gasteiger charge is -2.23. The summed E-state index contributed by atoms with van der Waals surface area (Å²) in [5.74, 6) is -0.500. The van der Waals surface area contributed by atoms with Gasteiger partial charge in [0.25, 0.3) is 6.20 Å². The van der Waals surface area contributed by atoms with Gasteiger partial charge in [-0.1, -0.05) is 41.8 Å². The molecule has 0 saturated heterocycles. The number of aliphatic hydroxyl groups excluding tert-OH is 1. The number of nitrogens with zero attached hydrogens (tertiary/aromatic N) is 2. The molecule has 4 N–H and O–H groups in total. The van der Waals surface area contributed by atoms with Crippen LogP contribution >= 0.6 is 0 Å². The minimum absolute atomic E-state index is 0.0183. The Morgan fingerprint density at radius 2 is 1.79 bits per heavy atom. The fourth-order valence-corrected chi connectivity index (χ4v) is 4.46. The number of aromatic nitrogens is 2. The quantitative estimate of drug-likeness (QED) is 0.330. The van der Waals surface area contributed by atoms with E-state index in [9.17, 15) is 27.9 Å². The van der Waals surface area contributed by atoms with E-state index >= 15 is 0 Å². The van der Waals surface area contributed by atoms with Crippen LogP contribution in [0.25, 0.3) is 0 Å². The average molecular weight is 533 g/mol. The number of carbonyl (C=O) groups is 2. The van der Waals surface area contributed by atoms with Crippen molar-refractivity contribution < 1.29 is 37.1 Å². The molecule has 1 heterocycles. The molecule has 3 aromatic rings. The van der Waals surface area contributed by atoms with Gasteiger partial charge in [-0.25, -0.2) is 4.79 Å². The van der Waals surface area contributed by atoms with Crippen LogP contribution in [0.3, 0.4) is 0 Å². The summed E-state index contributed by atoms with van der Waals surface area (Å²) >= 11 is 0. The standard InChI is InChI=1S/C26H28F3N5O4/c1-16-6-2-3-7-17(16)10-23(36)30-20-11-19(26(27,28)29)12-21(13-20)31-25(37)32-24-15-34(33-38-24)14-18-8-4-5-9-22(18)35/h2-3,6-7,11-13,15,18,22,35H,4-5,8-10,14H2,1H3,(H2-,30,31,32,33,36,37)/p+1/t18-,22+/m0/s1. The summed E-state index contributed by atoms with van der Waals surface area (Å²) in [5.41, 5.74) is 0.301. The van der Waals surface area contributed by atoms with Gasteiger partial charge in [0.15, 0.2) is 6.54 Å². The molecular formula is C26H29F3N5O4+. The van der Waals surface area contributed by atoms with Crippen LogP contribution in [0, 0.1) is 12.8 Å². The summed E-state index contributed by atoms with van der Waals surface area (Å²) in [4.78, 5) is 25.0. The number of nitrogens with one attached hydrogen (secondary N) is 3. The largest absolute Gasteiger partial charge is 0.416 e.